The molecule has 1 fully saturated rings. The van der Waals surface area contributed by atoms with E-state index in [0.29, 0.717) is 18.7 Å². The molecule has 10 nitrogen and oxygen atoms in total. The largest absolute Gasteiger partial charge is 0.355 e. The van der Waals surface area contributed by atoms with Crippen LogP contribution in [0.1, 0.15) is 23.2 Å². The van der Waals surface area contributed by atoms with E-state index in [0.717, 1.165) is 12.8 Å². The lowest BCUT2D eigenvalue weighted by Crippen LogP contribution is -2.31. The number of anilines is 2. The quantitative estimate of drug-likeness (QED) is 0.617. The zero-order valence-corrected chi connectivity index (χ0v) is 12.7. The molecule has 2 N–H and O–H groups in total. The van der Waals surface area contributed by atoms with Crippen molar-refractivity contribution in [3.05, 3.63) is 46.5 Å². The molecule has 1 aliphatic rings. The molecule has 0 spiro atoms. The highest BCUT2D eigenvalue weighted by molar-refractivity contribution is 5.94. The highest BCUT2D eigenvalue weighted by Crippen LogP contribution is 2.33. The second-order valence-corrected chi connectivity index (χ2v) is 5.17. The molecule has 1 aliphatic heterocycles. The lowest BCUT2D eigenvalue weighted by molar-refractivity contribution is -0.383. The normalized spacial score (nSPS) is 13.6. The molecule has 1 amide bonds. The van der Waals surface area contributed by atoms with Crippen molar-refractivity contribution in [2.24, 2.45) is 0 Å². The van der Waals surface area contributed by atoms with Gasteiger partial charge in [0.05, 0.1) is 10.5 Å². The Morgan fingerprint density at radius 1 is 1.29 bits per heavy atom. The second-order valence-electron chi connectivity index (χ2n) is 5.17. The Kier molecular flexibility index (Phi) is 4.45. The van der Waals surface area contributed by atoms with Crippen LogP contribution in [-0.2, 0) is 0 Å². The molecule has 10 heteroatoms. The number of nitrogens with one attached hydrogen (secondary N) is 2. The maximum Gasteiger partial charge on any atom is 0.355 e. The van der Waals surface area contributed by atoms with Crippen molar-refractivity contribution < 1.29 is 9.72 Å². The van der Waals surface area contributed by atoms with Crippen LogP contribution in [0.5, 0.6) is 0 Å². The van der Waals surface area contributed by atoms with Crippen LogP contribution >= 0.6 is 0 Å². The van der Waals surface area contributed by atoms with E-state index in [2.05, 4.69) is 25.8 Å². The zero-order chi connectivity index (χ0) is 16.9. The van der Waals surface area contributed by atoms with Gasteiger partial charge in [-0.3, -0.25) is 30.7 Å². The highest BCUT2D eigenvalue weighted by Gasteiger charge is 2.28. The molecule has 0 unspecified atom stereocenters. The lowest BCUT2D eigenvalue weighted by Gasteiger charge is -2.17. The fourth-order valence-electron chi connectivity index (χ4n) is 2.47. The smallest absolute Gasteiger partial charge is 0.351 e. The van der Waals surface area contributed by atoms with Crippen molar-refractivity contribution in [1.82, 2.24) is 20.4 Å². The van der Waals surface area contributed by atoms with E-state index >= 15 is 0 Å². The molecule has 0 aliphatic carbocycles. The van der Waals surface area contributed by atoms with Gasteiger partial charge in [-0.1, -0.05) is 0 Å². The number of aromatic nitrogens is 3. The number of amides is 1. The van der Waals surface area contributed by atoms with E-state index in [1.807, 2.05) is 4.90 Å². The van der Waals surface area contributed by atoms with E-state index < -0.39 is 10.8 Å². The molecule has 0 aromatic carbocycles. The number of carbonyl (C=O) groups excluding carboxylic acids is 1. The van der Waals surface area contributed by atoms with Gasteiger partial charge >= 0.3 is 5.69 Å². The van der Waals surface area contributed by atoms with E-state index in [4.69, 9.17) is 0 Å². The van der Waals surface area contributed by atoms with Crippen molar-refractivity contribution in [3.8, 4) is 0 Å². The summed E-state index contributed by atoms with van der Waals surface area (Å²) in [4.78, 5) is 36.5. The van der Waals surface area contributed by atoms with Gasteiger partial charge in [0.15, 0.2) is 0 Å². The van der Waals surface area contributed by atoms with Crippen LogP contribution in [-0.4, -0.2) is 38.9 Å². The van der Waals surface area contributed by atoms with E-state index in [1.165, 1.54) is 12.5 Å². The number of nitrogens with zero attached hydrogens (tertiary/aromatic N) is 5. The van der Waals surface area contributed by atoms with Crippen molar-refractivity contribution in [1.29, 1.82) is 0 Å². The lowest BCUT2D eigenvalue weighted by atomic mass is 10.3. The minimum absolute atomic E-state index is 0.0610. The van der Waals surface area contributed by atoms with Crippen LogP contribution in [0.3, 0.4) is 0 Å². The van der Waals surface area contributed by atoms with Crippen LogP contribution < -0.4 is 15.8 Å². The molecular formula is C14H15N7O3. The van der Waals surface area contributed by atoms with E-state index in [1.54, 1.807) is 18.3 Å². The minimum atomic E-state index is -0.549. The van der Waals surface area contributed by atoms with Gasteiger partial charge in [0, 0.05) is 25.5 Å². The van der Waals surface area contributed by atoms with Gasteiger partial charge in [-0.15, -0.1) is 0 Å². The molecule has 3 rings (SSSR count). The fourth-order valence-corrected chi connectivity index (χ4v) is 2.47. The van der Waals surface area contributed by atoms with Gasteiger partial charge in [-0.2, -0.15) is 0 Å². The first-order chi connectivity index (χ1) is 11.7. The number of rotatable bonds is 5. The Hall–Kier alpha value is -3.30. The zero-order valence-electron chi connectivity index (χ0n) is 12.7. The average Bonchev–Trinajstić information content (AvgIpc) is 3.14. The predicted molar refractivity (Wildman–Crippen MR) is 85.5 cm³/mol. The average molecular weight is 329 g/mol. The minimum Gasteiger partial charge on any atom is -0.351 e. The molecule has 0 bridgehead atoms. The first-order valence-electron chi connectivity index (χ1n) is 7.37. The molecule has 24 heavy (non-hydrogen) atoms. The molecule has 3 heterocycles. The van der Waals surface area contributed by atoms with Gasteiger partial charge in [0.25, 0.3) is 5.91 Å². The standard InChI is InChI=1S/C14H15N7O3/c22-14(10-4-3-5-15-8-10)19-18-12-11(21(23)24)13(17-9-16-12)20-6-1-2-7-20/h3-5,8-9H,1-2,6-7H2,(H,19,22)(H,16,17,18). The molecule has 124 valence electrons. The van der Waals surface area contributed by atoms with Crippen LogP contribution in [0, 0.1) is 10.1 Å². The summed E-state index contributed by atoms with van der Waals surface area (Å²) < 4.78 is 0. The summed E-state index contributed by atoms with van der Waals surface area (Å²) in [5.41, 5.74) is 4.96. The molecular weight excluding hydrogens is 314 g/mol. The van der Waals surface area contributed by atoms with Gasteiger partial charge in [-0.05, 0) is 25.0 Å². The van der Waals surface area contributed by atoms with Gasteiger partial charge < -0.3 is 4.90 Å². The summed E-state index contributed by atoms with van der Waals surface area (Å²) in [6, 6.07) is 3.20. The number of hydrogen-bond acceptors (Lipinski definition) is 8. The number of carbonyl (C=O) groups is 1. The van der Waals surface area contributed by atoms with E-state index in [9.17, 15) is 14.9 Å². The molecule has 0 radical (unpaired) electrons. The van der Waals surface area contributed by atoms with Crippen molar-refractivity contribution >= 4 is 23.2 Å². The molecule has 0 atom stereocenters. The Bertz CT molecular complexity index is 747. The summed E-state index contributed by atoms with van der Waals surface area (Å²) in [7, 11) is 0. The topological polar surface area (TPSA) is 126 Å². The Morgan fingerprint density at radius 3 is 2.75 bits per heavy atom. The van der Waals surface area contributed by atoms with Crippen LogP contribution in [0.2, 0.25) is 0 Å². The number of pyridine rings is 1. The number of hydrazine groups is 1. The molecule has 0 saturated carbocycles. The Morgan fingerprint density at radius 2 is 2.08 bits per heavy atom. The van der Waals surface area contributed by atoms with Gasteiger partial charge in [-0.25, -0.2) is 9.97 Å². The van der Waals surface area contributed by atoms with Crippen LogP contribution in [0.25, 0.3) is 0 Å². The van der Waals surface area contributed by atoms with E-state index in [-0.39, 0.29) is 17.3 Å². The number of hydrogen-bond donors (Lipinski definition) is 2. The fraction of sp³-hybridized carbons (Fsp3) is 0.286. The Labute approximate surface area is 137 Å². The molecule has 2 aromatic heterocycles. The first-order valence-corrected chi connectivity index (χ1v) is 7.37. The molecule has 1 saturated heterocycles. The van der Waals surface area contributed by atoms with Crippen LogP contribution in [0.4, 0.5) is 17.3 Å². The SMILES string of the molecule is O=C(NNc1ncnc(N2CCCC2)c1[N+](=O)[O-])c1cccnc1. The summed E-state index contributed by atoms with van der Waals surface area (Å²) in [6.07, 6.45) is 6.09. The van der Waals surface area contributed by atoms with Gasteiger partial charge in [0.2, 0.25) is 11.6 Å². The maximum absolute atomic E-state index is 12.0. The monoisotopic (exact) mass is 329 g/mol. The number of nitro groups is 1. The summed E-state index contributed by atoms with van der Waals surface area (Å²) in [5, 5.41) is 11.5. The third-order valence-electron chi connectivity index (χ3n) is 3.61. The maximum atomic E-state index is 12.0. The molecule has 2 aromatic rings. The summed E-state index contributed by atoms with van der Waals surface area (Å²) in [6.45, 7) is 1.42. The highest BCUT2D eigenvalue weighted by atomic mass is 16.6. The van der Waals surface area contributed by atoms with Crippen LogP contribution in [0.15, 0.2) is 30.9 Å². The predicted octanol–water partition coefficient (Wildman–Crippen LogP) is 1.14. The van der Waals surface area contributed by atoms with Gasteiger partial charge in [0.1, 0.15) is 6.33 Å². The van der Waals surface area contributed by atoms with Crippen molar-refractivity contribution in [2.45, 2.75) is 12.8 Å². The Balaban J connectivity index is 1.81. The summed E-state index contributed by atoms with van der Waals surface area (Å²) >= 11 is 0. The van der Waals surface area contributed by atoms with Crippen molar-refractivity contribution in [3.63, 3.8) is 0 Å². The summed E-state index contributed by atoms with van der Waals surface area (Å²) in [5.74, 6) is -0.279. The van der Waals surface area contributed by atoms with Crippen molar-refractivity contribution in [2.75, 3.05) is 23.4 Å². The first kappa shape index (κ1) is 15.6. The third kappa shape index (κ3) is 3.21. The second kappa shape index (κ2) is 6.86. The third-order valence-corrected chi connectivity index (χ3v) is 3.61.